The lowest BCUT2D eigenvalue weighted by Crippen LogP contribution is -2.49. The second-order valence-electron chi connectivity index (χ2n) is 8.39. The summed E-state index contributed by atoms with van der Waals surface area (Å²) in [6, 6.07) is 0. The number of carbonyl (C=O) groups excluding carboxylic acids is 1. The zero-order valence-electron chi connectivity index (χ0n) is 16.8. The van der Waals surface area contributed by atoms with Crippen molar-refractivity contribution in [2.75, 3.05) is 0 Å². The standard InChI is InChI=1S/C20H32O2.C2H6/c1-15(13-22-14-21)7-9-17-16(2)8-10-18-19(3,4)11-6-12-20(17,18)5;1-2/h13-14,17-18H,2,6-12H2,1,3-5H3;1-2H3/b15-13+;. The lowest BCUT2D eigenvalue weighted by atomic mass is 9.47. The van der Waals surface area contributed by atoms with E-state index in [-0.39, 0.29) is 0 Å². The number of allylic oxidation sites excluding steroid dienone is 2. The molecule has 3 atom stereocenters. The Bertz CT molecular complexity index is 461. The lowest BCUT2D eigenvalue weighted by Gasteiger charge is -2.58. The van der Waals surface area contributed by atoms with Crippen molar-refractivity contribution >= 4 is 6.47 Å². The van der Waals surface area contributed by atoms with Gasteiger partial charge in [0.2, 0.25) is 0 Å². The highest BCUT2D eigenvalue weighted by atomic mass is 16.5. The Hall–Kier alpha value is -1.05. The van der Waals surface area contributed by atoms with Crippen molar-refractivity contribution in [2.45, 2.75) is 86.5 Å². The molecule has 0 saturated heterocycles. The lowest BCUT2D eigenvalue weighted by molar-refractivity contribution is -0.123. The second kappa shape index (κ2) is 8.87. The number of hydrogen-bond acceptors (Lipinski definition) is 2. The summed E-state index contributed by atoms with van der Waals surface area (Å²) < 4.78 is 4.76. The van der Waals surface area contributed by atoms with Gasteiger partial charge < -0.3 is 4.74 Å². The van der Waals surface area contributed by atoms with Crippen LogP contribution in [0.3, 0.4) is 0 Å². The minimum atomic E-state index is 0.392. The van der Waals surface area contributed by atoms with Crippen LogP contribution in [-0.4, -0.2) is 6.47 Å². The number of ether oxygens (including phenoxy) is 1. The molecule has 0 aromatic heterocycles. The third kappa shape index (κ3) is 4.52. The van der Waals surface area contributed by atoms with Crippen molar-refractivity contribution in [3.05, 3.63) is 24.0 Å². The predicted molar refractivity (Wildman–Crippen MR) is 103 cm³/mol. The number of rotatable bonds is 5. The largest absolute Gasteiger partial charge is 0.437 e. The summed E-state index contributed by atoms with van der Waals surface area (Å²) >= 11 is 0. The Morgan fingerprint density at radius 1 is 1.29 bits per heavy atom. The summed E-state index contributed by atoms with van der Waals surface area (Å²) in [5.74, 6) is 1.41. The third-order valence-electron chi connectivity index (χ3n) is 6.47. The first-order valence-corrected chi connectivity index (χ1v) is 9.73. The third-order valence-corrected chi connectivity index (χ3v) is 6.47. The van der Waals surface area contributed by atoms with Crippen molar-refractivity contribution < 1.29 is 9.53 Å². The van der Waals surface area contributed by atoms with Crippen LogP contribution in [0.25, 0.3) is 0 Å². The van der Waals surface area contributed by atoms with Gasteiger partial charge in [0.05, 0.1) is 6.26 Å². The highest BCUT2D eigenvalue weighted by Crippen LogP contribution is 2.61. The molecule has 0 aliphatic heterocycles. The zero-order valence-corrected chi connectivity index (χ0v) is 16.8. The highest BCUT2D eigenvalue weighted by Gasteiger charge is 2.52. The van der Waals surface area contributed by atoms with E-state index in [2.05, 4.69) is 27.4 Å². The molecule has 2 saturated carbocycles. The van der Waals surface area contributed by atoms with E-state index in [4.69, 9.17) is 4.74 Å². The summed E-state index contributed by atoms with van der Waals surface area (Å²) in [6.07, 6.45) is 10.2. The van der Waals surface area contributed by atoms with Crippen LogP contribution in [0.5, 0.6) is 0 Å². The van der Waals surface area contributed by atoms with Crippen LogP contribution < -0.4 is 0 Å². The number of hydrogen-bond donors (Lipinski definition) is 0. The van der Waals surface area contributed by atoms with Gasteiger partial charge in [-0.15, -0.1) is 0 Å². The fourth-order valence-corrected chi connectivity index (χ4v) is 5.38. The van der Waals surface area contributed by atoms with E-state index < -0.39 is 0 Å². The van der Waals surface area contributed by atoms with Crippen molar-refractivity contribution in [2.24, 2.45) is 22.7 Å². The molecule has 0 aromatic carbocycles. The van der Waals surface area contributed by atoms with Gasteiger partial charge in [0, 0.05) is 0 Å². The summed E-state index contributed by atoms with van der Waals surface area (Å²) in [7, 11) is 0. The molecule has 2 aliphatic carbocycles. The van der Waals surface area contributed by atoms with Crippen LogP contribution in [-0.2, 0) is 9.53 Å². The van der Waals surface area contributed by atoms with Gasteiger partial charge in [0.15, 0.2) is 0 Å². The maximum Gasteiger partial charge on any atom is 0.297 e. The van der Waals surface area contributed by atoms with E-state index in [0.717, 1.165) is 24.3 Å². The first-order chi connectivity index (χ1) is 11.3. The first kappa shape index (κ1) is 21.0. The van der Waals surface area contributed by atoms with Gasteiger partial charge in [-0.2, -0.15) is 0 Å². The molecular weight excluding hydrogens is 296 g/mol. The number of fused-ring (bicyclic) bond motifs is 1. The summed E-state index contributed by atoms with van der Waals surface area (Å²) in [6.45, 7) is 18.4. The van der Waals surface area contributed by atoms with Crippen LogP contribution in [0.1, 0.15) is 86.5 Å². The smallest absolute Gasteiger partial charge is 0.297 e. The normalized spacial score (nSPS) is 32.2. The fraction of sp³-hybridized carbons (Fsp3) is 0.773. The van der Waals surface area contributed by atoms with Gasteiger partial charge in [-0.25, -0.2) is 0 Å². The number of carbonyl (C=O) groups is 1. The Morgan fingerprint density at radius 3 is 2.58 bits per heavy atom. The summed E-state index contributed by atoms with van der Waals surface area (Å²) in [5.41, 5.74) is 3.43. The molecule has 2 heteroatoms. The molecule has 0 N–H and O–H groups in total. The molecule has 3 unspecified atom stereocenters. The molecule has 2 aliphatic rings. The van der Waals surface area contributed by atoms with Gasteiger partial charge in [-0.1, -0.05) is 53.2 Å². The van der Waals surface area contributed by atoms with Crippen LogP contribution in [0, 0.1) is 22.7 Å². The van der Waals surface area contributed by atoms with Gasteiger partial charge >= 0.3 is 0 Å². The molecule has 0 bridgehead atoms. The van der Waals surface area contributed by atoms with Crippen molar-refractivity contribution in [1.82, 2.24) is 0 Å². The molecule has 2 rings (SSSR count). The Balaban J connectivity index is 0.00000139. The maximum atomic E-state index is 10.3. The highest BCUT2D eigenvalue weighted by molar-refractivity contribution is 5.38. The molecule has 2 nitrogen and oxygen atoms in total. The van der Waals surface area contributed by atoms with Crippen LogP contribution in [0.4, 0.5) is 0 Å². The van der Waals surface area contributed by atoms with Gasteiger partial charge in [0.25, 0.3) is 6.47 Å². The van der Waals surface area contributed by atoms with Crippen molar-refractivity contribution in [3.8, 4) is 0 Å². The van der Waals surface area contributed by atoms with E-state index >= 15 is 0 Å². The molecule has 0 heterocycles. The van der Waals surface area contributed by atoms with Crippen LogP contribution in [0.2, 0.25) is 0 Å². The molecule has 2 fully saturated rings. The minimum absolute atomic E-state index is 0.392. The summed E-state index contributed by atoms with van der Waals surface area (Å²) in [5, 5.41) is 0. The molecular formula is C22H38O2. The van der Waals surface area contributed by atoms with Gasteiger partial charge in [-0.3, -0.25) is 4.79 Å². The molecule has 24 heavy (non-hydrogen) atoms. The van der Waals surface area contributed by atoms with E-state index in [9.17, 15) is 4.79 Å². The Labute approximate surface area is 149 Å². The predicted octanol–water partition coefficient (Wildman–Crippen LogP) is 6.67. The fourth-order valence-electron chi connectivity index (χ4n) is 5.38. The Kier molecular flexibility index (Phi) is 7.76. The molecule has 0 radical (unpaired) electrons. The van der Waals surface area contributed by atoms with Gasteiger partial charge in [0.1, 0.15) is 0 Å². The van der Waals surface area contributed by atoms with Crippen LogP contribution in [0.15, 0.2) is 24.0 Å². The van der Waals surface area contributed by atoms with Crippen molar-refractivity contribution in [1.29, 1.82) is 0 Å². The van der Waals surface area contributed by atoms with E-state index in [1.54, 1.807) is 6.26 Å². The molecule has 0 amide bonds. The Morgan fingerprint density at radius 2 is 1.96 bits per heavy atom. The molecule has 0 spiro atoms. The monoisotopic (exact) mass is 334 g/mol. The summed E-state index contributed by atoms with van der Waals surface area (Å²) in [4.78, 5) is 10.3. The average molecular weight is 335 g/mol. The average Bonchev–Trinajstić information content (AvgIpc) is 2.53. The van der Waals surface area contributed by atoms with Crippen molar-refractivity contribution in [3.63, 3.8) is 0 Å². The van der Waals surface area contributed by atoms with Gasteiger partial charge in [-0.05, 0) is 73.7 Å². The molecule has 138 valence electrons. The topological polar surface area (TPSA) is 26.3 Å². The SMILES string of the molecule is C=C1CCC2C(C)(C)CCCC2(C)C1CC/C(C)=C/OC=O.CC. The van der Waals surface area contributed by atoms with Crippen LogP contribution >= 0.6 is 0 Å². The quantitative estimate of drug-likeness (QED) is 0.319. The second-order valence-corrected chi connectivity index (χ2v) is 8.39. The van der Waals surface area contributed by atoms with E-state index in [1.165, 1.54) is 37.7 Å². The zero-order chi connectivity index (χ0) is 18.4. The maximum absolute atomic E-state index is 10.3. The van der Waals surface area contributed by atoms with E-state index in [0.29, 0.717) is 23.2 Å². The van der Waals surface area contributed by atoms with E-state index in [1.807, 2.05) is 20.8 Å². The molecule has 0 aromatic rings. The first-order valence-electron chi connectivity index (χ1n) is 9.73. The minimum Gasteiger partial charge on any atom is -0.437 e.